The average Bonchev–Trinajstić information content (AvgIpc) is 3.45. The number of alkyl halides is 3. The van der Waals surface area contributed by atoms with Crippen molar-refractivity contribution in [2.45, 2.75) is 44.3 Å². The molecule has 0 bridgehead atoms. The van der Waals surface area contributed by atoms with Crippen LogP contribution in [0.3, 0.4) is 0 Å². The first-order valence-electron chi connectivity index (χ1n) is 16.0. The number of carbonyl (C=O) groups excluding carboxylic acids is 3. The third-order valence-electron chi connectivity index (χ3n) is 9.49. The number of likely N-dealkylation sites (tertiary alicyclic amines) is 1. The minimum atomic E-state index is -4.73. The highest BCUT2D eigenvalue weighted by Crippen LogP contribution is 2.38. The SMILES string of the molecule is Nc1c(Cl)cc(C[C@@H](CC(=O)N2CCC(N3CCc4cscc4NC3=O)CC2)C(=O)N2CCN(c3ccncc3)CC2)cc1C(F)(F)F. The molecule has 4 amide bonds. The molecule has 2 fully saturated rings. The molecule has 2 aromatic heterocycles. The fourth-order valence-electron chi connectivity index (χ4n) is 6.83. The summed E-state index contributed by atoms with van der Waals surface area (Å²) in [6.07, 6.45) is 0.326. The Hall–Kier alpha value is -4.04. The van der Waals surface area contributed by atoms with Gasteiger partial charge in [-0.15, -0.1) is 11.3 Å². The van der Waals surface area contributed by atoms with Crippen LogP contribution in [0.15, 0.2) is 47.4 Å². The van der Waals surface area contributed by atoms with Gasteiger partial charge in [0.15, 0.2) is 0 Å². The quantitative estimate of drug-likeness (QED) is 0.320. The number of piperidine rings is 1. The van der Waals surface area contributed by atoms with Gasteiger partial charge in [-0.25, -0.2) is 4.79 Å². The van der Waals surface area contributed by atoms with Crippen LogP contribution >= 0.6 is 22.9 Å². The minimum absolute atomic E-state index is 0.0337. The number of hydrogen-bond donors (Lipinski definition) is 2. The average molecular weight is 704 g/mol. The molecule has 0 saturated carbocycles. The number of aromatic nitrogens is 1. The smallest absolute Gasteiger partial charge is 0.397 e. The molecule has 48 heavy (non-hydrogen) atoms. The van der Waals surface area contributed by atoms with Crippen molar-refractivity contribution >= 4 is 57.8 Å². The van der Waals surface area contributed by atoms with Crippen molar-refractivity contribution in [2.24, 2.45) is 5.92 Å². The molecule has 0 spiro atoms. The Balaban J connectivity index is 1.14. The first-order valence-corrected chi connectivity index (χ1v) is 17.3. The number of amides is 4. The number of benzene rings is 1. The Kier molecular flexibility index (Phi) is 10.0. The highest BCUT2D eigenvalue weighted by atomic mass is 35.5. The van der Waals surface area contributed by atoms with Crippen LogP contribution in [0.4, 0.5) is 35.0 Å². The molecule has 3 aliphatic heterocycles. The van der Waals surface area contributed by atoms with E-state index in [1.807, 2.05) is 27.8 Å². The maximum Gasteiger partial charge on any atom is 0.418 e. The van der Waals surface area contributed by atoms with Gasteiger partial charge in [0.2, 0.25) is 11.8 Å². The molecular formula is C33H37ClF3N7O3S. The van der Waals surface area contributed by atoms with E-state index in [4.69, 9.17) is 17.3 Å². The second kappa shape index (κ2) is 14.2. The van der Waals surface area contributed by atoms with Crippen LogP contribution in [0.5, 0.6) is 0 Å². The van der Waals surface area contributed by atoms with E-state index in [1.165, 1.54) is 6.07 Å². The molecule has 1 aromatic carbocycles. The Morgan fingerprint density at radius 2 is 1.73 bits per heavy atom. The topological polar surface area (TPSA) is 115 Å². The van der Waals surface area contributed by atoms with Gasteiger partial charge in [0.05, 0.1) is 27.9 Å². The second-order valence-corrected chi connectivity index (χ2v) is 13.6. The standard InChI is InChI=1S/C33H37ClF3N7O3S/c34-27-17-21(16-26(30(27)38)33(35,36)37)15-23(31(46)43-13-11-41(12-14-43)24-1-6-39-7-2-24)18-29(45)42-8-4-25(5-9-42)44-10-3-22-19-48-20-28(22)40-32(44)47/h1-2,6-7,16-17,19-20,23,25H,3-5,8-15,18,38H2,(H,40,47)/t23-/m0/s1. The Labute approximate surface area is 285 Å². The largest absolute Gasteiger partial charge is 0.418 e. The van der Waals surface area contributed by atoms with Crippen LogP contribution in [-0.2, 0) is 28.6 Å². The molecule has 10 nitrogen and oxygen atoms in total. The zero-order valence-electron chi connectivity index (χ0n) is 26.2. The van der Waals surface area contributed by atoms with Crippen LogP contribution in [0.25, 0.3) is 0 Å². The van der Waals surface area contributed by atoms with Crippen molar-refractivity contribution in [3.05, 3.63) is 69.1 Å². The van der Waals surface area contributed by atoms with Gasteiger partial charge in [0, 0.05) is 81.7 Å². The number of thiophene rings is 1. The molecule has 6 rings (SSSR count). The van der Waals surface area contributed by atoms with E-state index in [1.54, 1.807) is 33.5 Å². The molecule has 0 radical (unpaired) electrons. The summed E-state index contributed by atoms with van der Waals surface area (Å²) in [4.78, 5) is 52.1. The van der Waals surface area contributed by atoms with Crippen molar-refractivity contribution in [2.75, 3.05) is 61.8 Å². The second-order valence-electron chi connectivity index (χ2n) is 12.5. The number of pyridine rings is 1. The number of nitrogens with two attached hydrogens (primary N) is 1. The predicted molar refractivity (Wildman–Crippen MR) is 179 cm³/mol. The van der Waals surface area contributed by atoms with E-state index >= 15 is 0 Å². The molecule has 15 heteroatoms. The Morgan fingerprint density at radius 1 is 1.02 bits per heavy atom. The summed E-state index contributed by atoms with van der Waals surface area (Å²) in [6, 6.07) is 5.87. The molecule has 3 aliphatic rings. The normalized spacial score (nSPS) is 18.3. The summed E-state index contributed by atoms with van der Waals surface area (Å²) >= 11 is 7.67. The van der Waals surface area contributed by atoms with Crippen molar-refractivity contribution in [3.8, 4) is 0 Å². The summed E-state index contributed by atoms with van der Waals surface area (Å²) in [5, 5.41) is 6.71. The number of carbonyl (C=O) groups is 3. The number of nitrogens with one attached hydrogen (secondary N) is 1. The van der Waals surface area contributed by atoms with E-state index in [-0.39, 0.29) is 47.3 Å². The number of fused-ring (bicyclic) bond motifs is 1. The predicted octanol–water partition coefficient (Wildman–Crippen LogP) is 5.38. The highest BCUT2D eigenvalue weighted by molar-refractivity contribution is 7.08. The van der Waals surface area contributed by atoms with Gasteiger partial charge in [-0.05, 0) is 66.5 Å². The van der Waals surface area contributed by atoms with E-state index in [0.717, 1.165) is 29.4 Å². The van der Waals surface area contributed by atoms with Gasteiger partial charge < -0.3 is 30.7 Å². The molecule has 3 aromatic rings. The lowest BCUT2D eigenvalue weighted by atomic mass is 9.92. The zero-order chi connectivity index (χ0) is 34.0. The lowest BCUT2D eigenvalue weighted by Crippen LogP contribution is -2.52. The van der Waals surface area contributed by atoms with Gasteiger partial charge in [-0.2, -0.15) is 13.2 Å². The monoisotopic (exact) mass is 703 g/mol. The van der Waals surface area contributed by atoms with Gasteiger partial charge >= 0.3 is 12.2 Å². The Bertz CT molecular complexity index is 1640. The van der Waals surface area contributed by atoms with Crippen LogP contribution in [-0.4, -0.2) is 89.4 Å². The number of rotatable bonds is 7. The van der Waals surface area contributed by atoms with E-state index < -0.39 is 23.3 Å². The van der Waals surface area contributed by atoms with E-state index in [9.17, 15) is 27.6 Å². The van der Waals surface area contributed by atoms with Gasteiger partial charge in [0.1, 0.15) is 0 Å². The fourth-order valence-corrected chi connectivity index (χ4v) is 7.89. The lowest BCUT2D eigenvalue weighted by molar-refractivity contribution is -0.142. The summed E-state index contributed by atoms with van der Waals surface area (Å²) < 4.78 is 41.3. The first kappa shape index (κ1) is 33.8. The number of urea groups is 1. The number of nitrogen functional groups attached to an aromatic ring is 1. The lowest BCUT2D eigenvalue weighted by Gasteiger charge is -2.39. The third-order valence-corrected chi connectivity index (χ3v) is 10.6. The maximum absolute atomic E-state index is 14.0. The van der Waals surface area contributed by atoms with Gasteiger partial charge in [-0.1, -0.05) is 11.6 Å². The molecule has 0 aliphatic carbocycles. The summed E-state index contributed by atoms with van der Waals surface area (Å²) in [5.41, 5.74) is 7.15. The Morgan fingerprint density at radius 3 is 2.42 bits per heavy atom. The van der Waals surface area contributed by atoms with Crippen molar-refractivity contribution < 1.29 is 27.6 Å². The number of nitrogens with zero attached hydrogens (tertiary/aromatic N) is 5. The van der Waals surface area contributed by atoms with Crippen LogP contribution in [0.2, 0.25) is 5.02 Å². The number of halogens is 4. The molecule has 5 heterocycles. The molecule has 2 saturated heterocycles. The van der Waals surface area contributed by atoms with Crippen LogP contribution in [0, 0.1) is 5.92 Å². The fraction of sp³-hybridized carbons (Fsp3) is 0.455. The van der Waals surface area contributed by atoms with Crippen molar-refractivity contribution in [1.29, 1.82) is 0 Å². The highest BCUT2D eigenvalue weighted by Gasteiger charge is 2.37. The number of piperazine rings is 1. The van der Waals surface area contributed by atoms with E-state index in [0.29, 0.717) is 58.7 Å². The van der Waals surface area contributed by atoms with Crippen molar-refractivity contribution in [3.63, 3.8) is 0 Å². The maximum atomic E-state index is 14.0. The molecular weight excluding hydrogens is 667 g/mol. The number of anilines is 3. The first-order chi connectivity index (χ1) is 23.0. The van der Waals surface area contributed by atoms with Crippen molar-refractivity contribution in [1.82, 2.24) is 19.7 Å². The summed E-state index contributed by atoms with van der Waals surface area (Å²) in [5.74, 6) is -1.44. The van der Waals surface area contributed by atoms with E-state index in [2.05, 4.69) is 15.2 Å². The molecule has 0 unspecified atom stereocenters. The van der Waals surface area contributed by atoms with Crippen LogP contribution in [0.1, 0.15) is 36.0 Å². The zero-order valence-corrected chi connectivity index (χ0v) is 27.8. The van der Waals surface area contributed by atoms with Gasteiger partial charge in [-0.3, -0.25) is 14.6 Å². The van der Waals surface area contributed by atoms with Crippen LogP contribution < -0.4 is 16.0 Å². The number of hydrogen-bond acceptors (Lipinski definition) is 7. The minimum Gasteiger partial charge on any atom is -0.397 e. The van der Waals surface area contributed by atoms with Gasteiger partial charge in [0.25, 0.3) is 0 Å². The summed E-state index contributed by atoms with van der Waals surface area (Å²) in [6.45, 7) is 3.33. The summed E-state index contributed by atoms with van der Waals surface area (Å²) in [7, 11) is 0. The molecule has 256 valence electrons. The molecule has 1 atom stereocenters. The molecule has 3 N–H and O–H groups in total. The third kappa shape index (κ3) is 7.49.